The Morgan fingerprint density at radius 1 is 1.17 bits per heavy atom. The summed E-state index contributed by atoms with van der Waals surface area (Å²) in [5, 5.41) is 4.51. The molecule has 0 saturated carbocycles. The lowest BCUT2D eigenvalue weighted by Gasteiger charge is -2.31. The van der Waals surface area contributed by atoms with Gasteiger partial charge in [-0.25, -0.2) is 0 Å². The Kier molecular flexibility index (Phi) is 7.58. The van der Waals surface area contributed by atoms with E-state index in [0.29, 0.717) is 4.90 Å². The Bertz CT molecular complexity index is 852. The lowest BCUT2D eigenvalue weighted by atomic mass is 10.0. The summed E-state index contributed by atoms with van der Waals surface area (Å²) in [7, 11) is 1.34. The molecule has 9 heteroatoms. The molecule has 0 radical (unpaired) electrons. The first-order chi connectivity index (χ1) is 13.6. The average Bonchev–Trinajstić information content (AvgIpc) is 2.68. The lowest BCUT2D eigenvalue weighted by molar-refractivity contribution is -0.188. The van der Waals surface area contributed by atoms with Crippen LogP contribution in [0.25, 0.3) is 10.8 Å². The Hall–Kier alpha value is -2.65. The average molecular weight is 411 g/mol. The molecule has 0 heterocycles. The van der Waals surface area contributed by atoms with E-state index in [1.165, 1.54) is 14.0 Å². The van der Waals surface area contributed by atoms with Crippen molar-refractivity contribution in [3.63, 3.8) is 0 Å². The topological polar surface area (TPSA) is 84.7 Å². The number of hydrogen-bond donors (Lipinski definition) is 2. The first-order valence-electron chi connectivity index (χ1n) is 9.01. The number of alkyl halides is 3. The van der Waals surface area contributed by atoms with E-state index >= 15 is 0 Å². The molecule has 6 nitrogen and oxygen atoms in total. The van der Waals surface area contributed by atoms with Crippen LogP contribution in [0.4, 0.5) is 13.2 Å². The Morgan fingerprint density at radius 2 is 1.83 bits per heavy atom. The summed E-state index contributed by atoms with van der Waals surface area (Å²) < 4.78 is 43.8. The molecule has 2 rings (SSSR count). The molecule has 0 aromatic heterocycles. The van der Waals surface area contributed by atoms with Gasteiger partial charge >= 0.3 is 12.1 Å². The van der Waals surface area contributed by atoms with Crippen molar-refractivity contribution in [3.05, 3.63) is 48.0 Å². The van der Waals surface area contributed by atoms with Gasteiger partial charge in [-0.15, -0.1) is 0 Å². The minimum absolute atomic E-state index is 0.0496. The van der Waals surface area contributed by atoms with Gasteiger partial charge in [-0.2, -0.15) is 13.2 Å². The Labute approximate surface area is 166 Å². The fourth-order valence-corrected chi connectivity index (χ4v) is 3.02. The van der Waals surface area contributed by atoms with Gasteiger partial charge in [0.2, 0.25) is 5.91 Å². The molecular weight excluding hydrogens is 387 g/mol. The minimum atomic E-state index is -5.11. The number of benzene rings is 2. The number of halogens is 3. The normalized spacial score (nSPS) is 13.7. The molecule has 2 atom stereocenters. The number of ether oxygens (including phenoxy) is 1. The number of rotatable bonds is 8. The van der Waals surface area contributed by atoms with Gasteiger partial charge in [-0.05, 0) is 23.3 Å². The smallest absolute Gasteiger partial charge is 0.383 e. The summed E-state index contributed by atoms with van der Waals surface area (Å²) in [4.78, 5) is 24.8. The molecule has 2 amide bonds. The zero-order valence-electron chi connectivity index (χ0n) is 16.2. The van der Waals surface area contributed by atoms with Crippen molar-refractivity contribution >= 4 is 22.6 Å². The SMILES string of the molecule is COC[C@@H](N)CN(C(=O)C(F)(F)F)C(C)C(=O)NCc1cccc2ccccc12. The zero-order chi connectivity index (χ0) is 21.6. The fraction of sp³-hybridized carbons (Fsp3) is 0.400. The van der Waals surface area contributed by atoms with Gasteiger partial charge in [0.25, 0.3) is 0 Å². The molecule has 1 unspecified atom stereocenters. The maximum Gasteiger partial charge on any atom is 0.471 e. The Balaban J connectivity index is 2.13. The van der Waals surface area contributed by atoms with Crippen LogP contribution >= 0.6 is 0 Å². The molecular formula is C20H24F3N3O3. The molecule has 0 bridgehead atoms. The predicted molar refractivity (Wildman–Crippen MR) is 103 cm³/mol. The number of nitrogens with one attached hydrogen (secondary N) is 1. The third kappa shape index (κ3) is 5.91. The van der Waals surface area contributed by atoms with Crippen LogP contribution in [0.2, 0.25) is 0 Å². The number of amides is 2. The number of methoxy groups -OCH3 is 1. The molecule has 2 aromatic carbocycles. The van der Waals surface area contributed by atoms with Crippen molar-refractivity contribution in [1.29, 1.82) is 0 Å². The minimum Gasteiger partial charge on any atom is -0.383 e. The highest BCUT2D eigenvalue weighted by molar-refractivity contribution is 5.90. The van der Waals surface area contributed by atoms with E-state index in [0.717, 1.165) is 16.3 Å². The van der Waals surface area contributed by atoms with Crippen LogP contribution in [0.1, 0.15) is 12.5 Å². The van der Waals surface area contributed by atoms with E-state index in [1.54, 1.807) is 0 Å². The molecule has 0 spiro atoms. The van der Waals surface area contributed by atoms with E-state index in [9.17, 15) is 22.8 Å². The van der Waals surface area contributed by atoms with Gasteiger partial charge < -0.3 is 20.7 Å². The van der Waals surface area contributed by atoms with Gasteiger partial charge in [0.1, 0.15) is 6.04 Å². The summed E-state index contributed by atoms with van der Waals surface area (Å²) in [6, 6.07) is 10.9. The predicted octanol–water partition coefficient (Wildman–Crippen LogP) is 2.21. The molecule has 0 aliphatic carbocycles. The lowest BCUT2D eigenvalue weighted by Crippen LogP contribution is -2.55. The molecule has 29 heavy (non-hydrogen) atoms. The van der Waals surface area contributed by atoms with Crippen molar-refractivity contribution in [3.8, 4) is 0 Å². The van der Waals surface area contributed by atoms with Gasteiger partial charge in [0, 0.05) is 26.2 Å². The van der Waals surface area contributed by atoms with Crippen LogP contribution in [0.15, 0.2) is 42.5 Å². The summed E-state index contributed by atoms with van der Waals surface area (Å²) in [5.74, 6) is -2.82. The molecule has 0 fully saturated rings. The number of fused-ring (bicyclic) bond motifs is 1. The molecule has 158 valence electrons. The summed E-state index contributed by atoms with van der Waals surface area (Å²) >= 11 is 0. The third-order valence-corrected chi connectivity index (χ3v) is 4.50. The van der Waals surface area contributed by atoms with Crippen molar-refractivity contribution in [2.75, 3.05) is 20.3 Å². The third-order valence-electron chi connectivity index (χ3n) is 4.50. The first kappa shape index (κ1) is 22.6. The van der Waals surface area contributed by atoms with E-state index in [4.69, 9.17) is 10.5 Å². The van der Waals surface area contributed by atoms with Crippen LogP contribution in [0.5, 0.6) is 0 Å². The zero-order valence-corrected chi connectivity index (χ0v) is 16.2. The van der Waals surface area contributed by atoms with E-state index in [-0.39, 0.29) is 13.2 Å². The standard InChI is InChI=1S/C20H24F3N3O3/c1-13(26(11-16(24)12-29-2)19(28)20(21,22)23)18(27)25-10-15-8-5-7-14-6-3-4-9-17(14)15/h3-9,13,16H,10-12,24H2,1-2H3,(H,25,27)/t13?,16-/m0/s1. The van der Waals surface area contributed by atoms with Crippen molar-refractivity contribution in [2.24, 2.45) is 5.73 Å². The number of nitrogens with zero attached hydrogens (tertiary/aromatic N) is 1. The highest BCUT2D eigenvalue weighted by Gasteiger charge is 2.45. The second-order valence-corrected chi connectivity index (χ2v) is 6.70. The maximum absolute atomic E-state index is 13.0. The van der Waals surface area contributed by atoms with Crippen LogP contribution in [-0.4, -0.2) is 55.2 Å². The van der Waals surface area contributed by atoms with Crippen molar-refractivity contribution in [2.45, 2.75) is 31.7 Å². The number of hydrogen-bond acceptors (Lipinski definition) is 4. The fourth-order valence-electron chi connectivity index (χ4n) is 3.02. The first-order valence-corrected chi connectivity index (χ1v) is 9.01. The quantitative estimate of drug-likeness (QED) is 0.698. The number of carbonyl (C=O) groups excluding carboxylic acids is 2. The van der Waals surface area contributed by atoms with Crippen molar-refractivity contribution < 1.29 is 27.5 Å². The van der Waals surface area contributed by atoms with Crippen LogP contribution in [0.3, 0.4) is 0 Å². The van der Waals surface area contributed by atoms with Gasteiger partial charge in [0.15, 0.2) is 0 Å². The highest BCUT2D eigenvalue weighted by atomic mass is 19.4. The number of carbonyl (C=O) groups is 2. The molecule has 0 aliphatic rings. The maximum atomic E-state index is 13.0. The van der Waals surface area contributed by atoms with Crippen LogP contribution < -0.4 is 11.1 Å². The van der Waals surface area contributed by atoms with E-state index < -0.39 is 36.6 Å². The Morgan fingerprint density at radius 3 is 2.48 bits per heavy atom. The second-order valence-electron chi connectivity index (χ2n) is 6.70. The second kappa shape index (κ2) is 9.71. The van der Waals surface area contributed by atoms with Gasteiger partial charge in [-0.1, -0.05) is 42.5 Å². The molecule has 3 N–H and O–H groups in total. The molecule has 2 aromatic rings. The van der Waals surface area contributed by atoms with Crippen molar-refractivity contribution in [1.82, 2.24) is 10.2 Å². The summed E-state index contributed by atoms with van der Waals surface area (Å²) in [5.41, 5.74) is 6.53. The number of nitrogens with two attached hydrogens (primary N) is 1. The highest BCUT2D eigenvalue weighted by Crippen LogP contribution is 2.21. The summed E-state index contributed by atoms with van der Waals surface area (Å²) in [6.45, 7) is 0.839. The largest absolute Gasteiger partial charge is 0.471 e. The van der Waals surface area contributed by atoms with E-state index in [1.807, 2.05) is 42.5 Å². The van der Waals surface area contributed by atoms with E-state index in [2.05, 4.69) is 5.32 Å². The van der Waals surface area contributed by atoms with Gasteiger partial charge in [0.05, 0.1) is 6.61 Å². The van der Waals surface area contributed by atoms with Crippen LogP contribution in [0, 0.1) is 0 Å². The molecule has 0 aliphatic heterocycles. The van der Waals surface area contributed by atoms with Crippen LogP contribution in [-0.2, 0) is 20.9 Å². The molecule has 0 saturated heterocycles. The summed E-state index contributed by atoms with van der Waals surface area (Å²) in [6.07, 6.45) is -5.11. The van der Waals surface area contributed by atoms with Gasteiger partial charge in [-0.3, -0.25) is 9.59 Å². The monoisotopic (exact) mass is 411 g/mol.